The van der Waals surface area contributed by atoms with Crippen molar-refractivity contribution in [2.45, 2.75) is 24.7 Å². The number of imidazole rings is 2. The predicted molar refractivity (Wildman–Crippen MR) is 165 cm³/mol. The van der Waals surface area contributed by atoms with Gasteiger partial charge in [-0.1, -0.05) is 0 Å². The van der Waals surface area contributed by atoms with Gasteiger partial charge in [0.15, 0.2) is 35.1 Å². The van der Waals surface area contributed by atoms with Crippen LogP contribution in [0, 0.1) is 0 Å². The number of nitrogens with one attached hydrogen (secondary N) is 2. The van der Waals surface area contributed by atoms with Gasteiger partial charge >= 0.3 is 0 Å². The summed E-state index contributed by atoms with van der Waals surface area (Å²) in [6, 6.07) is 0. The number of hydrogen-bond acceptors (Lipinski definition) is 25. The highest BCUT2D eigenvalue weighted by molar-refractivity contribution is 7.72. The Morgan fingerprint density at radius 1 is 0.792 bits per heavy atom. The largest absolute Gasteiger partial charge is 0.778 e. The molecular weight excluding hydrogens is 806 g/mol. The summed E-state index contributed by atoms with van der Waals surface area (Å²) in [4.78, 5) is 83.4. The van der Waals surface area contributed by atoms with Crippen LogP contribution < -0.4 is 41.5 Å². The molecule has 10 N–H and O–H groups in total. The van der Waals surface area contributed by atoms with E-state index in [0.717, 1.165) is 28.1 Å². The Morgan fingerprint density at radius 3 is 1.96 bits per heavy atom. The van der Waals surface area contributed by atoms with E-state index in [2.05, 4.69) is 43.0 Å². The Balaban J connectivity index is 1.35. The van der Waals surface area contributed by atoms with Crippen molar-refractivity contribution in [3.05, 3.63) is 29.3 Å². The van der Waals surface area contributed by atoms with E-state index in [9.17, 15) is 63.1 Å². The molecule has 53 heavy (non-hydrogen) atoms. The molecule has 0 aliphatic heterocycles. The van der Waals surface area contributed by atoms with Crippen LogP contribution in [0.1, 0.15) is 12.5 Å². The van der Waals surface area contributed by atoms with Crippen LogP contribution in [-0.2, 0) is 40.9 Å². The number of nitrogens with zero attached hydrogens (tertiary/aromatic N) is 7. The van der Waals surface area contributed by atoms with Crippen LogP contribution >= 0.6 is 30.9 Å². The second-order valence-electron chi connectivity index (χ2n) is 10.3. The lowest BCUT2D eigenvalue weighted by Crippen LogP contribution is -2.32. The molecule has 0 aliphatic carbocycles. The Hall–Kier alpha value is -3.14. The van der Waals surface area contributed by atoms with Gasteiger partial charge in [0, 0.05) is 6.16 Å². The molecule has 0 saturated carbocycles. The molecule has 0 saturated heterocycles. The molecule has 4 aromatic rings. The third-order valence-electron chi connectivity index (χ3n) is 6.41. The second kappa shape index (κ2) is 17.1. The molecule has 0 radical (unpaired) electrons. The number of aliphatic hydroxyl groups excluding tert-OH is 4. The Bertz CT molecular complexity index is 2150. The van der Waals surface area contributed by atoms with E-state index in [1.165, 1.54) is 0 Å². The molecule has 4 rings (SSSR count). The van der Waals surface area contributed by atoms with Gasteiger partial charge in [-0.05, 0) is 0 Å². The van der Waals surface area contributed by atoms with Crippen molar-refractivity contribution in [2.75, 3.05) is 50.7 Å². The molecule has 296 valence electrons. The molecule has 33 heteroatoms. The average Bonchev–Trinajstić information content (AvgIpc) is 3.67. The van der Waals surface area contributed by atoms with Crippen LogP contribution in [0.4, 0.5) is 11.8 Å². The van der Waals surface area contributed by atoms with Crippen molar-refractivity contribution in [3.8, 4) is 0 Å². The number of phosphoric ester groups is 1. The van der Waals surface area contributed by atoms with E-state index in [1.807, 2.05) is 0 Å². The van der Waals surface area contributed by atoms with Gasteiger partial charge in [-0.3, -0.25) is 41.2 Å². The molecule has 4 aromatic heterocycles. The zero-order chi connectivity index (χ0) is 39.4. The molecule has 0 amide bonds. The zero-order valence-electron chi connectivity index (χ0n) is 26.4. The van der Waals surface area contributed by atoms with Gasteiger partial charge in [0.2, 0.25) is 21.4 Å². The normalized spacial score (nSPS) is 19.2. The fraction of sp³-hybridized carbons (Fsp3) is 0.500. The molecule has 0 aliphatic rings. The van der Waals surface area contributed by atoms with Crippen LogP contribution in [0.15, 0.2) is 23.8 Å². The molecule has 8 atom stereocenters. The number of fused-ring (bicyclic) bond motifs is 2. The van der Waals surface area contributed by atoms with E-state index >= 15 is 0 Å². The SMILES string of the molecule is Nc1nc2c(ncn2[C@@H](CO)O[C@@H](CO)CP(=O)([O-])OP(=O)([O-])NP(=O)([O-])OP(=O)([O-])OC[C@H](CO)O[C@H](CO)n2cnc3c(N)ncnc32)c(=O)[nH]1. The number of hydrogen-bond donors (Lipinski definition) is 8. The summed E-state index contributed by atoms with van der Waals surface area (Å²) in [6.07, 6.45) is -4.84. The van der Waals surface area contributed by atoms with Crippen molar-refractivity contribution in [2.24, 2.45) is 0 Å². The van der Waals surface area contributed by atoms with Gasteiger partial charge in [0.1, 0.15) is 25.5 Å². The minimum atomic E-state index is -6.34. The van der Waals surface area contributed by atoms with Crippen LogP contribution in [0.2, 0.25) is 0 Å². The first kappa shape index (κ1) is 42.6. The monoisotopic (exact) mass is 835 g/mol. The fourth-order valence-corrected chi connectivity index (χ4v) is 10.3. The summed E-state index contributed by atoms with van der Waals surface area (Å²) in [5.74, 6) is -0.396. The number of H-pyrrole nitrogens is 1. The van der Waals surface area contributed by atoms with Crippen molar-refractivity contribution >= 4 is 65.0 Å². The highest BCUT2D eigenvalue weighted by Crippen LogP contribution is 2.61. The second-order valence-corrected chi connectivity index (χ2v) is 17.1. The van der Waals surface area contributed by atoms with Crippen molar-refractivity contribution < 1.29 is 80.9 Å². The van der Waals surface area contributed by atoms with Crippen LogP contribution in [0.5, 0.6) is 0 Å². The van der Waals surface area contributed by atoms with Crippen LogP contribution in [-0.4, -0.2) is 111 Å². The molecule has 0 aromatic carbocycles. The predicted octanol–water partition coefficient (Wildman–Crippen LogP) is -5.54. The van der Waals surface area contributed by atoms with Gasteiger partial charge in [0.05, 0.1) is 51.8 Å². The average molecular weight is 835 g/mol. The maximum Gasteiger partial charge on any atom is 0.280 e. The van der Waals surface area contributed by atoms with Crippen molar-refractivity contribution in [1.82, 2.24) is 43.9 Å². The molecule has 0 spiro atoms. The number of phosphoric acid groups is 1. The van der Waals surface area contributed by atoms with Crippen LogP contribution in [0.25, 0.3) is 22.3 Å². The van der Waals surface area contributed by atoms with Gasteiger partial charge < -0.3 is 70.0 Å². The number of ether oxygens (including phenoxy) is 2. The van der Waals surface area contributed by atoms with E-state index in [4.69, 9.17) is 20.9 Å². The van der Waals surface area contributed by atoms with Crippen molar-refractivity contribution in [1.29, 1.82) is 0 Å². The Morgan fingerprint density at radius 2 is 1.36 bits per heavy atom. The standard InChI is InChI=1S/C20H33N11O18P4/c21-16-14-17(24-7-23-16)30(8-25-14)12(3-34)46-10(1-32)5-45-53(43,44)49-52(41,42)29-51(39,40)48-50(37,38)6-11(2-33)47-13(4-35)31-9-26-15-18(31)27-20(22)28-19(15)36/h7-13,32-35H,1-6H2,(H,37,38)(H,43,44)(H2,21,23,24)(H3,22,27,28,36)(H3,29,39,40,41,42)/p-4/t10-,11-,12+,13+/m0/s1. The fourth-order valence-electron chi connectivity index (χ4n) is 4.31. The first-order valence-electron chi connectivity index (χ1n) is 14.2. The van der Waals surface area contributed by atoms with E-state index in [-0.39, 0.29) is 34.1 Å². The van der Waals surface area contributed by atoms with Gasteiger partial charge in [-0.2, -0.15) is 9.84 Å². The minimum absolute atomic E-state index is 0.0288. The van der Waals surface area contributed by atoms with Gasteiger partial charge in [-0.15, -0.1) is 0 Å². The maximum atomic E-state index is 12.5. The summed E-state index contributed by atoms with van der Waals surface area (Å²) in [5, 5.41) is 38.9. The number of rotatable bonds is 21. The first-order valence-corrected chi connectivity index (χ1v) is 20.5. The molecule has 4 unspecified atom stereocenters. The highest BCUT2D eigenvalue weighted by atomic mass is 31.3. The third kappa shape index (κ3) is 11.2. The van der Waals surface area contributed by atoms with Crippen molar-refractivity contribution in [3.63, 3.8) is 0 Å². The Labute approximate surface area is 294 Å². The lowest BCUT2D eigenvalue weighted by Gasteiger charge is -2.39. The summed E-state index contributed by atoms with van der Waals surface area (Å²) in [5.41, 5.74) is 10.1. The molecule has 29 nitrogen and oxygen atoms in total. The number of aromatic amines is 1. The molecule has 0 bridgehead atoms. The quantitative estimate of drug-likeness (QED) is 0.0363. The summed E-state index contributed by atoms with van der Waals surface area (Å²) in [7, 11) is -24.5. The first-order chi connectivity index (χ1) is 24.7. The number of nitrogen functional groups attached to an aromatic ring is 2. The number of nitrogens with two attached hydrogens (primary N) is 2. The maximum absolute atomic E-state index is 12.5. The van der Waals surface area contributed by atoms with E-state index in [0.29, 0.717) is 4.86 Å². The highest BCUT2D eigenvalue weighted by Gasteiger charge is 2.31. The Kier molecular flexibility index (Phi) is 13.8. The van der Waals surface area contributed by atoms with E-state index in [1.54, 1.807) is 0 Å². The van der Waals surface area contributed by atoms with Crippen LogP contribution in [0.3, 0.4) is 0 Å². The molecular formula is C20H29N11O18P4-4. The molecule has 4 heterocycles. The minimum Gasteiger partial charge on any atom is -0.778 e. The lowest BCUT2D eigenvalue weighted by molar-refractivity contribution is -0.236. The van der Waals surface area contributed by atoms with E-state index < -0.39 is 100 Å². The smallest absolute Gasteiger partial charge is 0.280 e. The van der Waals surface area contributed by atoms with Gasteiger partial charge in [-0.25, -0.2) is 19.9 Å². The van der Waals surface area contributed by atoms with Gasteiger partial charge in [0.25, 0.3) is 13.4 Å². The number of anilines is 2. The summed E-state index contributed by atoms with van der Waals surface area (Å²) < 4.78 is 74.2. The lowest BCUT2D eigenvalue weighted by atomic mass is 10.4. The summed E-state index contributed by atoms with van der Waals surface area (Å²) >= 11 is 0. The number of aromatic nitrogens is 8. The topological polar surface area (TPSA) is 459 Å². The number of aliphatic hydroxyl groups is 4. The summed E-state index contributed by atoms with van der Waals surface area (Å²) in [6.45, 7) is -5.08. The third-order valence-corrected chi connectivity index (χ3v) is 13.2. The molecule has 0 fully saturated rings. The zero-order valence-corrected chi connectivity index (χ0v) is 29.9.